The van der Waals surface area contributed by atoms with Gasteiger partial charge >= 0.3 is 5.69 Å². The van der Waals surface area contributed by atoms with E-state index in [0.29, 0.717) is 12.4 Å². The number of nitro benzene ring substituents is 1. The van der Waals surface area contributed by atoms with Crippen molar-refractivity contribution >= 4 is 11.5 Å². The summed E-state index contributed by atoms with van der Waals surface area (Å²) in [6, 6.07) is 3.26. The molecule has 0 aliphatic carbocycles. The van der Waals surface area contributed by atoms with E-state index < -0.39 is 16.4 Å². The van der Waals surface area contributed by atoms with E-state index in [9.17, 15) is 14.5 Å². The molecule has 0 spiro atoms. The largest absolute Gasteiger partial charge is 0.437 e. The average molecular weight is 278 g/mol. The summed E-state index contributed by atoms with van der Waals surface area (Å²) in [5.41, 5.74) is -0.607. The van der Waals surface area contributed by atoms with Gasteiger partial charge in [0, 0.05) is 18.7 Å². The van der Waals surface area contributed by atoms with Gasteiger partial charge in [-0.3, -0.25) is 15.1 Å². The van der Waals surface area contributed by atoms with Crippen LogP contribution >= 0.6 is 0 Å². The van der Waals surface area contributed by atoms with Crippen LogP contribution < -0.4 is 10.1 Å². The molecule has 1 N–H and O–H groups in total. The fourth-order valence-electron chi connectivity index (χ4n) is 1.48. The minimum Gasteiger partial charge on any atom is -0.437 e. The molecule has 1 aromatic carbocycles. The number of hydrogen-bond acceptors (Lipinski definition) is 6. The van der Waals surface area contributed by atoms with Gasteiger partial charge in [0.25, 0.3) is 0 Å². The topological polar surface area (TPSA) is 90.2 Å². The Bertz CT molecular complexity index is 636. The zero-order valence-electron chi connectivity index (χ0n) is 10.5. The Morgan fingerprint density at radius 1 is 1.45 bits per heavy atom. The quantitative estimate of drug-likeness (QED) is 0.668. The van der Waals surface area contributed by atoms with Crippen LogP contribution in [0.25, 0.3) is 0 Å². The third-order valence-electron chi connectivity index (χ3n) is 2.31. The Morgan fingerprint density at radius 3 is 2.90 bits per heavy atom. The van der Waals surface area contributed by atoms with Crippen molar-refractivity contribution in [3.05, 3.63) is 46.5 Å². The van der Waals surface area contributed by atoms with Crippen LogP contribution in [-0.2, 0) is 0 Å². The predicted molar refractivity (Wildman–Crippen MR) is 69.3 cm³/mol. The summed E-state index contributed by atoms with van der Waals surface area (Å²) in [7, 11) is 0. The molecule has 0 unspecified atom stereocenters. The van der Waals surface area contributed by atoms with Gasteiger partial charge in [-0.15, -0.1) is 0 Å². The standard InChI is InChI=1S/C12H11FN4O3/c1-2-15-11-6-14-7-12(16-11)20-8-3-4-10(17(18)19)9(13)5-8/h3-7H,2H2,1H3,(H,15,16). The maximum absolute atomic E-state index is 13.4. The molecule has 7 nitrogen and oxygen atoms in total. The second-order valence-corrected chi connectivity index (χ2v) is 3.75. The lowest BCUT2D eigenvalue weighted by molar-refractivity contribution is -0.387. The van der Waals surface area contributed by atoms with Crippen LogP contribution in [0.2, 0.25) is 0 Å². The highest BCUT2D eigenvalue weighted by Crippen LogP contribution is 2.25. The van der Waals surface area contributed by atoms with E-state index in [1.54, 1.807) is 0 Å². The Morgan fingerprint density at radius 2 is 2.25 bits per heavy atom. The normalized spacial score (nSPS) is 10.1. The molecule has 0 aliphatic rings. The van der Waals surface area contributed by atoms with Crippen molar-refractivity contribution in [2.45, 2.75) is 6.92 Å². The van der Waals surface area contributed by atoms with E-state index in [0.717, 1.165) is 12.1 Å². The molecule has 0 fully saturated rings. The highest BCUT2D eigenvalue weighted by Gasteiger charge is 2.14. The third kappa shape index (κ3) is 3.16. The van der Waals surface area contributed by atoms with Gasteiger partial charge in [0.1, 0.15) is 11.6 Å². The number of nitrogens with zero attached hydrogens (tertiary/aromatic N) is 3. The molecule has 8 heteroatoms. The highest BCUT2D eigenvalue weighted by molar-refractivity contribution is 5.40. The highest BCUT2D eigenvalue weighted by atomic mass is 19.1. The molecule has 2 aromatic rings. The smallest absolute Gasteiger partial charge is 0.305 e. The van der Waals surface area contributed by atoms with Crippen LogP contribution in [0, 0.1) is 15.9 Å². The van der Waals surface area contributed by atoms with Crippen molar-refractivity contribution in [1.29, 1.82) is 0 Å². The number of nitrogens with one attached hydrogen (secondary N) is 1. The molecule has 1 aromatic heterocycles. The van der Waals surface area contributed by atoms with Crippen LogP contribution in [0.3, 0.4) is 0 Å². The lowest BCUT2D eigenvalue weighted by Crippen LogP contribution is -2.01. The van der Waals surface area contributed by atoms with Crippen LogP contribution in [0.1, 0.15) is 6.92 Å². The number of hydrogen-bond donors (Lipinski definition) is 1. The maximum atomic E-state index is 13.4. The van der Waals surface area contributed by atoms with Crippen molar-refractivity contribution in [2.75, 3.05) is 11.9 Å². The fourth-order valence-corrected chi connectivity index (χ4v) is 1.48. The first-order valence-electron chi connectivity index (χ1n) is 5.78. The number of anilines is 1. The van der Waals surface area contributed by atoms with Gasteiger partial charge in [-0.05, 0) is 13.0 Å². The molecule has 0 saturated heterocycles. The van der Waals surface area contributed by atoms with E-state index in [2.05, 4.69) is 15.3 Å². The molecule has 20 heavy (non-hydrogen) atoms. The average Bonchev–Trinajstić information content (AvgIpc) is 2.39. The van der Waals surface area contributed by atoms with Crippen LogP contribution in [0.5, 0.6) is 11.6 Å². The Kier molecular flexibility index (Phi) is 4.04. The first-order chi connectivity index (χ1) is 9.60. The molecule has 2 rings (SSSR count). The number of ether oxygens (including phenoxy) is 1. The number of rotatable bonds is 5. The summed E-state index contributed by atoms with van der Waals surface area (Å²) in [4.78, 5) is 17.7. The zero-order chi connectivity index (χ0) is 14.5. The maximum Gasteiger partial charge on any atom is 0.305 e. The lowest BCUT2D eigenvalue weighted by Gasteiger charge is -2.06. The van der Waals surface area contributed by atoms with Crippen molar-refractivity contribution in [3.8, 4) is 11.6 Å². The second kappa shape index (κ2) is 5.91. The third-order valence-corrected chi connectivity index (χ3v) is 2.31. The van der Waals surface area contributed by atoms with Crippen LogP contribution in [0.4, 0.5) is 15.9 Å². The first-order valence-corrected chi connectivity index (χ1v) is 5.78. The van der Waals surface area contributed by atoms with E-state index in [1.807, 2.05) is 6.92 Å². The molecule has 0 bridgehead atoms. The van der Waals surface area contributed by atoms with Crippen molar-refractivity contribution in [3.63, 3.8) is 0 Å². The van der Waals surface area contributed by atoms with Gasteiger partial charge in [-0.25, -0.2) is 0 Å². The Hall–Kier alpha value is -2.77. The van der Waals surface area contributed by atoms with Gasteiger partial charge in [0.2, 0.25) is 11.7 Å². The molecular formula is C12H11FN4O3. The molecule has 104 valence electrons. The number of nitro groups is 1. The number of aromatic nitrogens is 2. The summed E-state index contributed by atoms with van der Waals surface area (Å²) < 4.78 is 18.7. The minimum atomic E-state index is -0.969. The van der Waals surface area contributed by atoms with Gasteiger partial charge in [-0.1, -0.05) is 0 Å². The van der Waals surface area contributed by atoms with E-state index in [4.69, 9.17) is 4.74 Å². The molecule has 1 heterocycles. The summed E-state index contributed by atoms with van der Waals surface area (Å²) in [6.07, 6.45) is 2.88. The number of halogens is 1. The zero-order valence-corrected chi connectivity index (χ0v) is 10.5. The van der Waals surface area contributed by atoms with Gasteiger partial charge in [-0.2, -0.15) is 9.37 Å². The van der Waals surface area contributed by atoms with Gasteiger partial charge in [0.05, 0.1) is 17.3 Å². The lowest BCUT2D eigenvalue weighted by atomic mass is 10.3. The van der Waals surface area contributed by atoms with Gasteiger partial charge < -0.3 is 10.1 Å². The predicted octanol–water partition coefficient (Wildman–Crippen LogP) is 2.75. The summed E-state index contributed by atoms with van der Waals surface area (Å²) >= 11 is 0. The SMILES string of the molecule is CCNc1cncc(Oc2ccc([N+](=O)[O-])c(F)c2)n1. The summed E-state index contributed by atoms with van der Waals surface area (Å²) in [5.74, 6) is -0.177. The monoisotopic (exact) mass is 278 g/mol. The summed E-state index contributed by atoms with van der Waals surface area (Å²) in [6.45, 7) is 2.57. The molecular weight excluding hydrogens is 267 g/mol. The molecule has 0 amide bonds. The Labute approximate surface area is 113 Å². The minimum absolute atomic E-state index is 0.107. The molecule has 0 radical (unpaired) electrons. The van der Waals surface area contributed by atoms with Crippen molar-refractivity contribution < 1.29 is 14.1 Å². The van der Waals surface area contributed by atoms with E-state index in [1.165, 1.54) is 18.5 Å². The molecule has 0 saturated carbocycles. The van der Waals surface area contributed by atoms with Crippen LogP contribution in [-0.4, -0.2) is 21.4 Å². The van der Waals surface area contributed by atoms with Crippen LogP contribution in [0.15, 0.2) is 30.6 Å². The van der Waals surface area contributed by atoms with E-state index >= 15 is 0 Å². The first kappa shape index (κ1) is 13.7. The molecule has 0 atom stereocenters. The van der Waals surface area contributed by atoms with Crippen molar-refractivity contribution in [2.24, 2.45) is 0 Å². The van der Waals surface area contributed by atoms with Crippen molar-refractivity contribution in [1.82, 2.24) is 9.97 Å². The van der Waals surface area contributed by atoms with Gasteiger partial charge in [0.15, 0.2) is 0 Å². The Balaban J connectivity index is 2.19. The molecule has 0 aliphatic heterocycles. The van der Waals surface area contributed by atoms with E-state index in [-0.39, 0.29) is 11.6 Å². The fraction of sp³-hybridized carbons (Fsp3) is 0.167. The second-order valence-electron chi connectivity index (χ2n) is 3.75. The number of benzene rings is 1. The summed E-state index contributed by atoms with van der Waals surface area (Å²) in [5, 5.41) is 13.5.